The molecule has 0 amide bonds. The van der Waals surface area contributed by atoms with Gasteiger partial charge in [0.05, 0.1) is 0 Å². The van der Waals surface area contributed by atoms with Crippen molar-refractivity contribution in [3.8, 4) is 5.75 Å². The highest BCUT2D eigenvalue weighted by molar-refractivity contribution is 7.80. The molecule has 0 spiro atoms. The number of piperidine rings is 2. The molecule has 1 aliphatic carbocycles. The van der Waals surface area contributed by atoms with E-state index in [1.54, 1.807) is 0 Å². The van der Waals surface area contributed by atoms with E-state index >= 15 is 0 Å². The lowest BCUT2D eigenvalue weighted by atomic mass is 9.90. The highest BCUT2D eigenvalue weighted by Crippen LogP contribution is 2.28. The van der Waals surface area contributed by atoms with Gasteiger partial charge in [0.2, 0.25) is 0 Å². The summed E-state index contributed by atoms with van der Waals surface area (Å²) in [5.41, 5.74) is 1.01. The van der Waals surface area contributed by atoms with Crippen molar-refractivity contribution < 1.29 is 4.74 Å². The second kappa shape index (κ2) is 10.6. The molecule has 0 atom stereocenters. The molecule has 4 rings (SSSR count). The number of anilines is 1. The van der Waals surface area contributed by atoms with Crippen molar-refractivity contribution in [3.63, 3.8) is 0 Å². The number of nitrogens with zero attached hydrogens (tertiary/aromatic N) is 2. The summed E-state index contributed by atoms with van der Waals surface area (Å²) in [7, 11) is 0. The van der Waals surface area contributed by atoms with Crippen molar-refractivity contribution in [2.45, 2.75) is 63.5 Å². The van der Waals surface area contributed by atoms with Gasteiger partial charge in [0.1, 0.15) is 11.9 Å². The van der Waals surface area contributed by atoms with E-state index in [9.17, 15) is 0 Å². The molecule has 3 aliphatic rings. The maximum Gasteiger partial charge on any atom is 0.170 e. The molecule has 0 bridgehead atoms. The average Bonchev–Trinajstić information content (AvgIpc) is 2.70. The Hall–Kier alpha value is -1.37. The van der Waals surface area contributed by atoms with Gasteiger partial charge in [-0.25, -0.2) is 0 Å². The molecule has 0 radical (unpaired) electrons. The topological polar surface area (TPSA) is 39.8 Å². The van der Waals surface area contributed by atoms with Crippen LogP contribution in [0.15, 0.2) is 24.3 Å². The predicted molar refractivity (Wildman–Crippen MR) is 124 cm³/mol. The molecule has 1 saturated carbocycles. The van der Waals surface area contributed by atoms with E-state index in [0.717, 1.165) is 43.4 Å². The van der Waals surface area contributed by atoms with Crippen molar-refractivity contribution in [2.24, 2.45) is 0 Å². The summed E-state index contributed by atoms with van der Waals surface area (Å²) in [4.78, 5) is 5.18. The van der Waals surface area contributed by atoms with Crippen LogP contribution in [0.2, 0.25) is 0 Å². The minimum absolute atomic E-state index is 0.350. The summed E-state index contributed by atoms with van der Waals surface area (Å²) in [5, 5.41) is 7.30. The van der Waals surface area contributed by atoms with Gasteiger partial charge in [0.25, 0.3) is 0 Å². The summed E-state index contributed by atoms with van der Waals surface area (Å²) in [6.07, 6.45) is 10.9. The minimum atomic E-state index is 0.350. The van der Waals surface area contributed by atoms with Crippen LogP contribution in [0.1, 0.15) is 51.4 Å². The molecule has 2 aliphatic heterocycles. The van der Waals surface area contributed by atoms with Crippen LogP contribution in [0.25, 0.3) is 0 Å². The maximum absolute atomic E-state index is 6.22. The number of likely N-dealkylation sites (tertiary alicyclic amines) is 2. The molecule has 160 valence electrons. The number of rotatable bonds is 7. The van der Waals surface area contributed by atoms with E-state index in [1.165, 1.54) is 64.7 Å². The van der Waals surface area contributed by atoms with Crippen LogP contribution in [0, 0.1) is 0 Å². The third-order valence-electron chi connectivity index (χ3n) is 6.64. The largest absolute Gasteiger partial charge is 0.490 e. The molecule has 1 aromatic carbocycles. The third-order valence-corrected chi connectivity index (χ3v) is 6.89. The van der Waals surface area contributed by atoms with Crippen molar-refractivity contribution in [1.29, 1.82) is 0 Å². The van der Waals surface area contributed by atoms with Crippen molar-refractivity contribution in [1.82, 2.24) is 15.1 Å². The summed E-state index contributed by atoms with van der Waals surface area (Å²) >= 11 is 5.44. The molecule has 0 unspecified atom stereocenters. The van der Waals surface area contributed by atoms with E-state index in [1.807, 2.05) is 0 Å². The fourth-order valence-corrected chi connectivity index (χ4v) is 4.83. The number of hydrogen-bond donors (Lipinski definition) is 2. The van der Waals surface area contributed by atoms with Gasteiger partial charge < -0.3 is 25.2 Å². The molecular weight excluding hydrogens is 380 g/mol. The highest BCUT2D eigenvalue weighted by Gasteiger charge is 2.29. The number of hydrogen-bond acceptors (Lipinski definition) is 4. The molecule has 1 aromatic rings. The Labute approximate surface area is 181 Å². The van der Waals surface area contributed by atoms with E-state index in [2.05, 4.69) is 44.7 Å². The molecule has 2 saturated heterocycles. The van der Waals surface area contributed by atoms with Crippen molar-refractivity contribution in [3.05, 3.63) is 24.3 Å². The zero-order valence-electron chi connectivity index (χ0n) is 17.6. The van der Waals surface area contributed by atoms with Crippen LogP contribution in [-0.2, 0) is 0 Å². The van der Waals surface area contributed by atoms with E-state index in [-0.39, 0.29) is 0 Å². The lowest BCUT2D eigenvalue weighted by Gasteiger charge is -2.41. The summed E-state index contributed by atoms with van der Waals surface area (Å²) < 4.78 is 6.22. The molecule has 2 heterocycles. The first kappa shape index (κ1) is 20.9. The van der Waals surface area contributed by atoms with Gasteiger partial charge in [-0.3, -0.25) is 0 Å². The van der Waals surface area contributed by atoms with Crippen LogP contribution < -0.4 is 15.4 Å². The first-order valence-corrected chi connectivity index (χ1v) is 11.9. The third kappa shape index (κ3) is 6.30. The van der Waals surface area contributed by atoms with Crippen LogP contribution in [-0.4, -0.2) is 66.3 Å². The van der Waals surface area contributed by atoms with Crippen LogP contribution in [0.4, 0.5) is 5.69 Å². The smallest absolute Gasteiger partial charge is 0.170 e. The molecule has 3 fully saturated rings. The maximum atomic E-state index is 6.22. The highest BCUT2D eigenvalue weighted by atomic mass is 32.1. The normalized spacial score (nSPS) is 22.1. The molecular formula is C23H36N4OS. The first-order chi connectivity index (χ1) is 14.3. The minimum Gasteiger partial charge on any atom is -0.490 e. The van der Waals surface area contributed by atoms with E-state index in [0.29, 0.717) is 11.2 Å². The fraction of sp³-hybridized carbons (Fsp3) is 0.696. The molecule has 2 N–H and O–H groups in total. The van der Waals surface area contributed by atoms with Gasteiger partial charge in [0.15, 0.2) is 5.11 Å². The van der Waals surface area contributed by atoms with Crippen molar-refractivity contribution >= 4 is 23.0 Å². The number of ether oxygens (including phenoxy) is 1. The molecule has 6 heteroatoms. The SMILES string of the molecule is S=C(NCCN1CCCCC1)Nc1ccc(OC2CCN(C3CCC3)CC2)cc1. The van der Waals surface area contributed by atoms with Crippen LogP contribution >= 0.6 is 12.2 Å². The Balaban J connectivity index is 1.14. The summed E-state index contributed by atoms with van der Waals surface area (Å²) in [5.74, 6) is 0.960. The average molecular weight is 417 g/mol. The lowest BCUT2D eigenvalue weighted by molar-refractivity contribution is 0.0493. The van der Waals surface area contributed by atoms with Crippen molar-refractivity contribution in [2.75, 3.05) is 44.6 Å². The number of benzene rings is 1. The van der Waals surface area contributed by atoms with Gasteiger partial charge in [-0.1, -0.05) is 12.8 Å². The standard InChI is InChI=1S/C23H36N4OS/c29-23(24-13-18-26-14-2-1-3-15-26)25-19-7-9-21(10-8-19)28-22-11-16-27(17-12-22)20-5-4-6-20/h7-10,20,22H,1-6,11-18H2,(H2,24,25,29). The quantitative estimate of drug-likeness (QED) is 0.658. The summed E-state index contributed by atoms with van der Waals surface area (Å²) in [6.45, 7) is 6.78. The molecule has 29 heavy (non-hydrogen) atoms. The fourth-order valence-electron chi connectivity index (χ4n) is 4.61. The molecule has 5 nitrogen and oxygen atoms in total. The van der Waals surface area contributed by atoms with Gasteiger partial charge in [-0.15, -0.1) is 0 Å². The van der Waals surface area contributed by atoms with Gasteiger partial charge in [-0.2, -0.15) is 0 Å². The molecule has 0 aromatic heterocycles. The van der Waals surface area contributed by atoms with Gasteiger partial charge in [-0.05, 0) is 88.1 Å². The number of nitrogens with one attached hydrogen (secondary N) is 2. The Morgan fingerprint density at radius 3 is 2.31 bits per heavy atom. The Bertz CT molecular complexity index is 635. The van der Waals surface area contributed by atoms with Crippen LogP contribution in [0.3, 0.4) is 0 Å². The van der Waals surface area contributed by atoms with E-state index < -0.39 is 0 Å². The second-order valence-electron chi connectivity index (χ2n) is 8.75. The van der Waals surface area contributed by atoms with Crippen LogP contribution in [0.5, 0.6) is 5.75 Å². The first-order valence-electron chi connectivity index (χ1n) is 11.5. The monoisotopic (exact) mass is 416 g/mol. The summed E-state index contributed by atoms with van der Waals surface area (Å²) in [6, 6.07) is 9.07. The Kier molecular flexibility index (Phi) is 7.63. The lowest BCUT2D eigenvalue weighted by Crippen LogP contribution is -2.46. The zero-order chi connectivity index (χ0) is 19.9. The predicted octanol–water partition coefficient (Wildman–Crippen LogP) is 3.85. The van der Waals surface area contributed by atoms with E-state index in [4.69, 9.17) is 17.0 Å². The van der Waals surface area contributed by atoms with Gasteiger partial charge >= 0.3 is 0 Å². The Morgan fingerprint density at radius 2 is 1.66 bits per heavy atom. The van der Waals surface area contributed by atoms with Gasteiger partial charge in [0, 0.05) is 37.9 Å². The number of thiocarbonyl (C=S) groups is 1. The zero-order valence-corrected chi connectivity index (χ0v) is 18.4. The Morgan fingerprint density at radius 1 is 0.931 bits per heavy atom. The second-order valence-corrected chi connectivity index (χ2v) is 9.15.